The largest absolute Gasteiger partial charge is 0.324 e. The summed E-state index contributed by atoms with van der Waals surface area (Å²) in [4.78, 5) is 18.8. The number of H-pyrrole nitrogens is 1. The number of carbonyl (C=O) groups is 1. The smallest absolute Gasteiger partial charge is 0.317 e. The maximum atomic E-state index is 12.7. The molecule has 3 rings (SSSR count). The Kier molecular flexibility index (Phi) is 4.42. The van der Waals surface area contributed by atoms with Crippen molar-refractivity contribution in [1.82, 2.24) is 20.1 Å². The van der Waals surface area contributed by atoms with Crippen molar-refractivity contribution < 1.29 is 4.79 Å². The number of nitrogens with zero attached hydrogens (tertiary/aromatic N) is 3. The summed E-state index contributed by atoms with van der Waals surface area (Å²) < 4.78 is 0. The van der Waals surface area contributed by atoms with Crippen molar-refractivity contribution in [3.05, 3.63) is 28.5 Å². The van der Waals surface area contributed by atoms with E-state index in [-0.39, 0.29) is 12.1 Å². The molecular formula is C15H21N5OS. The van der Waals surface area contributed by atoms with Crippen LogP contribution in [0.25, 0.3) is 0 Å². The van der Waals surface area contributed by atoms with Gasteiger partial charge in [-0.25, -0.2) is 9.78 Å². The van der Waals surface area contributed by atoms with E-state index in [4.69, 9.17) is 0 Å². The number of aryl methyl sites for hydroxylation is 2. The molecule has 0 radical (unpaired) electrons. The predicted octanol–water partition coefficient (Wildman–Crippen LogP) is 3.63. The molecule has 3 heterocycles. The van der Waals surface area contributed by atoms with Crippen molar-refractivity contribution >= 4 is 22.5 Å². The summed E-state index contributed by atoms with van der Waals surface area (Å²) in [6, 6.07) is 0.0167. The zero-order chi connectivity index (χ0) is 15.5. The lowest BCUT2D eigenvalue weighted by Crippen LogP contribution is -2.38. The van der Waals surface area contributed by atoms with Gasteiger partial charge >= 0.3 is 6.03 Å². The highest BCUT2D eigenvalue weighted by Crippen LogP contribution is 2.33. The van der Waals surface area contributed by atoms with Gasteiger partial charge in [0.15, 0.2) is 5.13 Å². The molecule has 7 heteroatoms. The van der Waals surface area contributed by atoms with Gasteiger partial charge in [-0.15, -0.1) is 11.3 Å². The lowest BCUT2D eigenvalue weighted by Gasteiger charge is -2.30. The molecule has 0 unspecified atom stereocenters. The van der Waals surface area contributed by atoms with E-state index >= 15 is 0 Å². The van der Waals surface area contributed by atoms with Gasteiger partial charge in [-0.3, -0.25) is 10.4 Å². The molecule has 1 aliphatic rings. The molecule has 2 aromatic rings. The highest BCUT2D eigenvalue weighted by Gasteiger charge is 2.30. The number of aromatic amines is 1. The standard InChI is InChI=1S/C15H21N5OS/c1-10-13(11(2)19-18-10)12-6-4-3-5-8-20(12)15(21)17-14-16-7-9-22-14/h7,9,12H,3-6,8H2,1-2H3,(H,18,19)(H,16,17,21)/t12-/m0/s1. The summed E-state index contributed by atoms with van der Waals surface area (Å²) >= 11 is 1.44. The molecule has 6 nitrogen and oxygen atoms in total. The minimum atomic E-state index is -0.0677. The maximum absolute atomic E-state index is 12.7. The van der Waals surface area contributed by atoms with Crippen LogP contribution in [0.2, 0.25) is 0 Å². The molecule has 22 heavy (non-hydrogen) atoms. The van der Waals surface area contributed by atoms with Crippen LogP contribution in [0.4, 0.5) is 9.93 Å². The molecule has 2 aromatic heterocycles. The number of carbonyl (C=O) groups excluding carboxylic acids is 1. The first-order chi connectivity index (χ1) is 10.7. The molecule has 1 fully saturated rings. The number of likely N-dealkylation sites (tertiary alicyclic amines) is 1. The normalized spacial score (nSPS) is 19.0. The molecule has 1 aliphatic heterocycles. The zero-order valence-corrected chi connectivity index (χ0v) is 13.7. The van der Waals surface area contributed by atoms with Crippen molar-refractivity contribution in [3.8, 4) is 0 Å². The van der Waals surface area contributed by atoms with Crippen LogP contribution < -0.4 is 5.32 Å². The van der Waals surface area contributed by atoms with Gasteiger partial charge in [0.1, 0.15) is 0 Å². The fraction of sp³-hybridized carbons (Fsp3) is 0.533. The Balaban J connectivity index is 1.86. The van der Waals surface area contributed by atoms with E-state index < -0.39 is 0 Å². The second-order valence-electron chi connectivity index (χ2n) is 5.67. The molecule has 1 saturated heterocycles. The summed E-state index contributed by atoms with van der Waals surface area (Å²) in [7, 11) is 0. The van der Waals surface area contributed by atoms with Crippen LogP contribution in [0.5, 0.6) is 0 Å². The van der Waals surface area contributed by atoms with E-state index in [0.29, 0.717) is 5.13 Å². The third-order valence-corrected chi connectivity index (χ3v) is 4.87. The van der Waals surface area contributed by atoms with Gasteiger partial charge in [-0.2, -0.15) is 5.10 Å². The summed E-state index contributed by atoms with van der Waals surface area (Å²) in [5, 5.41) is 12.8. The number of urea groups is 1. The molecular weight excluding hydrogens is 298 g/mol. The topological polar surface area (TPSA) is 73.9 Å². The maximum Gasteiger partial charge on any atom is 0.324 e. The van der Waals surface area contributed by atoms with Crippen LogP contribution in [0.15, 0.2) is 11.6 Å². The first kappa shape index (κ1) is 15.0. The molecule has 0 bridgehead atoms. The van der Waals surface area contributed by atoms with Crippen molar-refractivity contribution in [3.63, 3.8) is 0 Å². The number of aromatic nitrogens is 3. The average Bonchev–Trinajstić information content (AvgIpc) is 3.03. The minimum Gasteiger partial charge on any atom is -0.317 e. The molecule has 0 aromatic carbocycles. The SMILES string of the molecule is Cc1n[nH]c(C)c1[C@@H]1CCCCCN1C(=O)Nc1nccs1. The lowest BCUT2D eigenvalue weighted by molar-refractivity contribution is 0.189. The Hall–Kier alpha value is -1.89. The number of hydrogen-bond acceptors (Lipinski definition) is 4. The van der Waals surface area contributed by atoms with Gasteiger partial charge in [0.05, 0.1) is 11.7 Å². The highest BCUT2D eigenvalue weighted by atomic mass is 32.1. The lowest BCUT2D eigenvalue weighted by atomic mass is 9.99. The van der Waals surface area contributed by atoms with Gasteiger partial charge in [-0.05, 0) is 26.7 Å². The minimum absolute atomic E-state index is 0.0677. The average molecular weight is 319 g/mol. The molecule has 0 spiro atoms. The Bertz CT molecular complexity index is 617. The Morgan fingerprint density at radius 2 is 2.27 bits per heavy atom. The van der Waals surface area contributed by atoms with Crippen LogP contribution >= 0.6 is 11.3 Å². The number of amides is 2. The Morgan fingerprint density at radius 3 is 2.95 bits per heavy atom. The summed E-state index contributed by atoms with van der Waals surface area (Å²) in [6.07, 6.45) is 6.01. The molecule has 118 valence electrons. The predicted molar refractivity (Wildman–Crippen MR) is 87.1 cm³/mol. The van der Waals surface area contributed by atoms with Gasteiger partial charge < -0.3 is 4.90 Å². The van der Waals surface area contributed by atoms with E-state index in [9.17, 15) is 4.79 Å². The summed E-state index contributed by atoms with van der Waals surface area (Å²) in [6.45, 7) is 4.80. The van der Waals surface area contributed by atoms with Crippen LogP contribution in [-0.4, -0.2) is 32.7 Å². The van der Waals surface area contributed by atoms with Gasteiger partial charge in [0, 0.05) is 29.4 Å². The number of thiazole rings is 1. The van der Waals surface area contributed by atoms with Gasteiger partial charge in [0.2, 0.25) is 0 Å². The second-order valence-corrected chi connectivity index (χ2v) is 6.57. The van der Waals surface area contributed by atoms with Gasteiger partial charge in [0.25, 0.3) is 0 Å². The Labute approximate surface area is 133 Å². The van der Waals surface area contributed by atoms with Crippen LogP contribution in [0.3, 0.4) is 0 Å². The quantitative estimate of drug-likeness (QED) is 0.887. The summed E-state index contributed by atoms with van der Waals surface area (Å²) in [5.74, 6) is 0. The van der Waals surface area contributed by atoms with Crippen molar-refractivity contribution in [2.45, 2.75) is 45.6 Å². The molecule has 1 atom stereocenters. The highest BCUT2D eigenvalue weighted by molar-refractivity contribution is 7.13. The Morgan fingerprint density at radius 1 is 1.41 bits per heavy atom. The third kappa shape index (κ3) is 2.99. The summed E-state index contributed by atoms with van der Waals surface area (Å²) in [5.41, 5.74) is 3.20. The van der Waals surface area contributed by atoms with E-state index in [2.05, 4.69) is 20.5 Å². The second kappa shape index (κ2) is 6.48. The first-order valence-corrected chi connectivity index (χ1v) is 8.53. The number of hydrogen-bond donors (Lipinski definition) is 2. The van der Waals surface area contributed by atoms with Crippen molar-refractivity contribution in [2.24, 2.45) is 0 Å². The fourth-order valence-corrected chi connectivity index (χ4v) is 3.67. The molecule has 0 aliphatic carbocycles. The van der Waals surface area contributed by atoms with Gasteiger partial charge in [-0.1, -0.05) is 12.8 Å². The van der Waals surface area contributed by atoms with E-state index in [1.165, 1.54) is 11.3 Å². The molecule has 2 N–H and O–H groups in total. The van der Waals surface area contributed by atoms with E-state index in [1.807, 2.05) is 24.1 Å². The van der Waals surface area contributed by atoms with Crippen LogP contribution in [-0.2, 0) is 0 Å². The number of nitrogens with one attached hydrogen (secondary N) is 2. The number of rotatable bonds is 2. The van der Waals surface area contributed by atoms with Crippen molar-refractivity contribution in [1.29, 1.82) is 0 Å². The third-order valence-electron chi connectivity index (χ3n) is 4.18. The van der Waals surface area contributed by atoms with E-state index in [1.54, 1.807) is 6.20 Å². The molecule has 2 amide bonds. The fourth-order valence-electron chi connectivity index (χ4n) is 3.15. The van der Waals surface area contributed by atoms with Crippen LogP contribution in [0, 0.1) is 13.8 Å². The zero-order valence-electron chi connectivity index (χ0n) is 12.9. The van der Waals surface area contributed by atoms with Crippen molar-refractivity contribution in [2.75, 3.05) is 11.9 Å². The monoisotopic (exact) mass is 319 g/mol. The van der Waals surface area contributed by atoms with Crippen LogP contribution in [0.1, 0.15) is 48.7 Å². The molecule has 0 saturated carbocycles. The first-order valence-electron chi connectivity index (χ1n) is 7.65. The number of anilines is 1. The van der Waals surface area contributed by atoms with E-state index in [0.717, 1.165) is 49.2 Å².